The number of pyridine rings is 1. The molecule has 0 radical (unpaired) electrons. The third-order valence-electron chi connectivity index (χ3n) is 7.04. The summed E-state index contributed by atoms with van der Waals surface area (Å²) in [4.78, 5) is 9.92. The molecule has 3 aliphatic heterocycles. The predicted octanol–water partition coefficient (Wildman–Crippen LogP) is 5.22. The van der Waals surface area contributed by atoms with Gasteiger partial charge in [-0.15, -0.1) is 0 Å². The predicted molar refractivity (Wildman–Crippen MR) is 123 cm³/mol. The smallest absolute Gasteiger partial charge is 0.130 e. The second-order valence-corrected chi connectivity index (χ2v) is 9.95. The highest BCUT2D eigenvalue weighted by molar-refractivity contribution is 6.31. The first-order chi connectivity index (χ1) is 14.6. The molecule has 2 aromatic rings. The van der Waals surface area contributed by atoms with Gasteiger partial charge < -0.3 is 9.64 Å². The first-order valence-corrected chi connectivity index (χ1v) is 11.8. The summed E-state index contributed by atoms with van der Waals surface area (Å²) in [6.07, 6.45) is 8.00. The Hall–Kier alpha value is -1.33. The molecule has 1 unspecified atom stereocenters. The number of ether oxygens (including phenoxy) is 1. The fraction of sp³-hybridized carbons (Fsp3) is 0.542. The Morgan fingerprint density at radius 1 is 1.00 bits per heavy atom. The number of hydrogen-bond donors (Lipinski definition) is 0. The zero-order valence-electron chi connectivity index (χ0n) is 17.4. The SMILES string of the molecule is C[C@H]1CN(C2C[C@H]3CC[C@@H](C2)N3c2cc(Cl)ccn2)[C@@H](Cc2ccc(Cl)cc2)CO1. The lowest BCUT2D eigenvalue weighted by Crippen LogP contribution is -2.58. The molecule has 4 heterocycles. The minimum atomic E-state index is 0.289. The van der Waals surface area contributed by atoms with E-state index in [0.717, 1.165) is 35.4 Å². The number of aromatic nitrogens is 1. The third-order valence-corrected chi connectivity index (χ3v) is 7.53. The van der Waals surface area contributed by atoms with Crippen LogP contribution in [-0.2, 0) is 11.2 Å². The average Bonchev–Trinajstić information content (AvgIpc) is 3.00. The summed E-state index contributed by atoms with van der Waals surface area (Å²) in [7, 11) is 0. The molecule has 0 aliphatic carbocycles. The maximum atomic E-state index is 6.26. The van der Waals surface area contributed by atoms with Crippen LogP contribution >= 0.6 is 23.2 Å². The summed E-state index contributed by atoms with van der Waals surface area (Å²) in [6, 6.07) is 14.3. The van der Waals surface area contributed by atoms with Crippen molar-refractivity contribution < 1.29 is 4.74 Å². The standard InChI is InChI=1S/C24H29Cl2N3O/c1-16-14-28(23(15-30-16)10-17-2-4-18(25)5-3-17)22-12-20-6-7-21(13-22)29(20)24-11-19(26)8-9-27-24/h2-5,8-9,11,16,20-23H,6-7,10,12-15H2,1H3/t16-,20-,21+,22?,23-/m0/s1. The molecule has 0 saturated carbocycles. The van der Waals surface area contributed by atoms with Crippen molar-refractivity contribution in [3.8, 4) is 0 Å². The summed E-state index contributed by atoms with van der Waals surface area (Å²) in [5, 5.41) is 1.56. The first kappa shape index (κ1) is 20.6. The van der Waals surface area contributed by atoms with Crippen molar-refractivity contribution in [1.29, 1.82) is 0 Å². The van der Waals surface area contributed by atoms with E-state index in [1.807, 2.05) is 30.5 Å². The summed E-state index contributed by atoms with van der Waals surface area (Å²) in [5.74, 6) is 1.04. The molecule has 3 aliphatic rings. The minimum Gasteiger partial charge on any atom is -0.376 e. The molecule has 3 fully saturated rings. The van der Waals surface area contributed by atoms with Gasteiger partial charge in [0.1, 0.15) is 5.82 Å². The number of halogens is 2. The number of benzene rings is 1. The van der Waals surface area contributed by atoms with Crippen LogP contribution in [0, 0.1) is 0 Å². The van der Waals surface area contributed by atoms with Crippen molar-refractivity contribution in [1.82, 2.24) is 9.88 Å². The summed E-state index contributed by atoms with van der Waals surface area (Å²) in [5.41, 5.74) is 1.33. The minimum absolute atomic E-state index is 0.289. The van der Waals surface area contributed by atoms with E-state index in [0.29, 0.717) is 24.2 Å². The zero-order valence-corrected chi connectivity index (χ0v) is 18.9. The Morgan fingerprint density at radius 3 is 2.43 bits per heavy atom. The van der Waals surface area contributed by atoms with Crippen molar-refractivity contribution in [3.05, 3.63) is 58.2 Å². The first-order valence-electron chi connectivity index (χ1n) is 11.1. The molecule has 1 aromatic heterocycles. The van der Waals surface area contributed by atoms with Crippen LogP contribution in [0.4, 0.5) is 5.82 Å². The molecule has 0 N–H and O–H groups in total. The van der Waals surface area contributed by atoms with Crippen molar-refractivity contribution in [3.63, 3.8) is 0 Å². The molecule has 0 spiro atoms. The van der Waals surface area contributed by atoms with Crippen LogP contribution in [-0.4, -0.2) is 53.3 Å². The van der Waals surface area contributed by atoms with E-state index in [1.165, 1.54) is 31.2 Å². The molecule has 6 heteroatoms. The van der Waals surface area contributed by atoms with E-state index >= 15 is 0 Å². The molecule has 4 nitrogen and oxygen atoms in total. The molecular formula is C24H29Cl2N3O. The largest absolute Gasteiger partial charge is 0.376 e. The lowest BCUT2D eigenvalue weighted by molar-refractivity contribution is -0.0765. The average molecular weight is 446 g/mol. The van der Waals surface area contributed by atoms with Crippen LogP contribution in [0.2, 0.25) is 10.0 Å². The number of fused-ring (bicyclic) bond motifs is 2. The number of anilines is 1. The fourth-order valence-corrected chi connectivity index (χ4v) is 5.99. The normalized spacial score (nSPS) is 31.8. The topological polar surface area (TPSA) is 28.6 Å². The van der Waals surface area contributed by atoms with Gasteiger partial charge in [-0.1, -0.05) is 35.3 Å². The Balaban J connectivity index is 1.33. The van der Waals surface area contributed by atoms with E-state index < -0.39 is 0 Å². The van der Waals surface area contributed by atoms with Crippen molar-refractivity contribution in [2.45, 2.75) is 69.3 Å². The van der Waals surface area contributed by atoms with Gasteiger partial charge in [-0.3, -0.25) is 4.90 Å². The van der Waals surface area contributed by atoms with E-state index in [-0.39, 0.29) is 6.10 Å². The van der Waals surface area contributed by atoms with E-state index in [4.69, 9.17) is 27.9 Å². The summed E-state index contributed by atoms with van der Waals surface area (Å²) >= 11 is 12.3. The Bertz CT molecular complexity index is 863. The van der Waals surface area contributed by atoms with Crippen LogP contribution in [0.15, 0.2) is 42.6 Å². The number of hydrogen-bond acceptors (Lipinski definition) is 4. The summed E-state index contributed by atoms with van der Waals surface area (Å²) < 4.78 is 6.08. The molecule has 30 heavy (non-hydrogen) atoms. The van der Waals surface area contributed by atoms with Gasteiger partial charge in [-0.25, -0.2) is 4.98 Å². The van der Waals surface area contributed by atoms with Gasteiger partial charge in [0, 0.05) is 47.0 Å². The van der Waals surface area contributed by atoms with Gasteiger partial charge in [0.05, 0.1) is 12.7 Å². The van der Waals surface area contributed by atoms with E-state index in [9.17, 15) is 0 Å². The lowest BCUT2D eigenvalue weighted by Gasteiger charge is -2.49. The van der Waals surface area contributed by atoms with Gasteiger partial charge in [0.25, 0.3) is 0 Å². The molecule has 0 amide bonds. The van der Waals surface area contributed by atoms with Gasteiger partial charge in [-0.05, 0) is 68.9 Å². The monoisotopic (exact) mass is 445 g/mol. The molecule has 5 rings (SSSR count). The summed E-state index contributed by atoms with van der Waals surface area (Å²) in [6.45, 7) is 4.01. The van der Waals surface area contributed by atoms with Crippen LogP contribution < -0.4 is 4.90 Å². The van der Waals surface area contributed by atoms with Gasteiger partial charge in [0.2, 0.25) is 0 Å². The van der Waals surface area contributed by atoms with E-state index in [1.54, 1.807) is 0 Å². The van der Waals surface area contributed by atoms with Crippen LogP contribution in [0.1, 0.15) is 38.2 Å². The second kappa shape index (κ2) is 8.66. The van der Waals surface area contributed by atoms with Crippen molar-refractivity contribution in [2.24, 2.45) is 0 Å². The number of rotatable bonds is 4. The van der Waals surface area contributed by atoms with Gasteiger partial charge >= 0.3 is 0 Å². The molecular weight excluding hydrogens is 417 g/mol. The number of morpholine rings is 1. The second-order valence-electron chi connectivity index (χ2n) is 9.07. The Kier molecular flexibility index (Phi) is 5.94. The highest BCUT2D eigenvalue weighted by Crippen LogP contribution is 2.41. The Labute approximate surface area is 189 Å². The van der Waals surface area contributed by atoms with Gasteiger partial charge in [0.15, 0.2) is 0 Å². The van der Waals surface area contributed by atoms with Crippen LogP contribution in [0.5, 0.6) is 0 Å². The molecule has 160 valence electrons. The molecule has 3 saturated heterocycles. The number of piperidine rings is 1. The van der Waals surface area contributed by atoms with Crippen molar-refractivity contribution >= 4 is 29.0 Å². The van der Waals surface area contributed by atoms with Crippen LogP contribution in [0.25, 0.3) is 0 Å². The molecule has 2 bridgehead atoms. The lowest BCUT2D eigenvalue weighted by atomic mass is 9.92. The maximum Gasteiger partial charge on any atom is 0.130 e. The van der Waals surface area contributed by atoms with Crippen molar-refractivity contribution in [2.75, 3.05) is 18.1 Å². The maximum absolute atomic E-state index is 6.26. The van der Waals surface area contributed by atoms with Crippen LogP contribution in [0.3, 0.4) is 0 Å². The zero-order chi connectivity index (χ0) is 20.7. The Morgan fingerprint density at radius 2 is 1.73 bits per heavy atom. The molecule has 5 atom stereocenters. The highest BCUT2D eigenvalue weighted by Gasteiger charge is 2.45. The number of nitrogens with zero attached hydrogens (tertiary/aromatic N) is 3. The van der Waals surface area contributed by atoms with E-state index in [2.05, 4.69) is 33.8 Å². The molecule has 1 aromatic carbocycles. The quantitative estimate of drug-likeness (QED) is 0.644. The fourth-order valence-electron chi connectivity index (χ4n) is 5.71. The highest BCUT2D eigenvalue weighted by atomic mass is 35.5. The third kappa shape index (κ3) is 4.20. The van der Waals surface area contributed by atoms with Gasteiger partial charge in [-0.2, -0.15) is 0 Å².